The van der Waals surface area contributed by atoms with Crippen LogP contribution in [0.4, 0.5) is 0 Å². The minimum Gasteiger partial charge on any atom is -0.480 e. The van der Waals surface area contributed by atoms with Gasteiger partial charge in [-0.25, -0.2) is 4.79 Å². The van der Waals surface area contributed by atoms with Gasteiger partial charge in [-0.3, -0.25) is 9.69 Å². The number of benzene rings is 2. The summed E-state index contributed by atoms with van der Waals surface area (Å²) in [7, 11) is 2.08. The predicted molar refractivity (Wildman–Crippen MR) is 159 cm³/mol. The van der Waals surface area contributed by atoms with Crippen LogP contribution in [0, 0.1) is 5.92 Å². The van der Waals surface area contributed by atoms with Crippen LogP contribution < -0.4 is 11.1 Å². The first-order valence-corrected chi connectivity index (χ1v) is 15.0. The van der Waals surface area contributed by atoms with Crippen molar-refractivity contribution in [2.24, 2.45) is 11.7 Å². The summed E-state index contributed by atoms with van der Waals surface area (Å²) in [6.45, 7) is 6.47. The fraction of sp³-hybridized carbons (Fsp3) is 0.571. The third kappa shape index (κ3) is 10.1. The molecule has 1 amide bonds. The number of thioether (sulfide) groups is 1. The molecule has 7 nitrogen and oxygen atoms in total. The van der Waals surface area contributed by atoms with E-state index in [-0.39, 0.29) is 24.5 Å². The van der Waals surface area contributed by atoms with Crippen LogP contribution in [-0.2, 0) is 16.1 Å². The van der Waals surface area contributed by atoms with Gasteiger partial charge in [-0.1, -0.05) is 62.7 Å². The van der Waals surface area contributed by atoms with E-state index in [4.69, 9.17) is 5.73 Å². The molecule has 4 atom stereocenters. The minimum absolute atomic E-state index is 0.0394. The predicted octanol–water partition coefficient (Wildman–Crippen LogP) is 3.57. The molecule has 0 aromatic heterocycles. The molecule has 0 bridgehead atoms. The Kier molecular flexibility index (Phi) is 13.8. The Hall–Kier alpha value is -1.78. The summed E-state index contributed by atoms with van der Waals surface area (Å²) in [5.74, 6) is 0.381. The van der Waals surface area contributed by atoms with Gasteiger partial charge in [0.25, 0.3) is 0 Å². The zero-order chi connectivity index (χ0) is 27.4. The van der Waals surface area contributed by atoms with Crippen LogP contribution in [0.1, 0.15) is 32.3 Å². The summed E-state index contributed by atoms with van der Waals surface area (Å²) in [5.41, 5.74) is 7.36. The molecule has 0 saturated carbocycles. The Morgan fingerprint density at radius 2 is 1.86 bits per heavy atom. The summed E-state index contributed by atoms with van der Waals surface area (Å²) < 4.78 is 0. The largest absolute Gasteiger partial charge is 0.480 e. The summed E-state index contributed by atoms with van der Waals surface area (Å²) >= 11 is 5.93. The molecule has 0 radical (unpaired) electrons. The van der Waals surface area contributed by atoms with E-state index in [1.807, 2.05) is 24.5 Å². The Morgan fingerprint density at radius 1 is 1.16 bits per heavy atom. The lowest BCUT2D eigenvalue weighted by Crippen LogP contribution is -2.52. The van der Waals surface area contributed by atoms with Crippen molar-refractivity contribution in [2.45, 2.75) is 51.4 Å². The summed E-state index contributed by atoms with van der Waals surface area (Å²) in [5, 5.41) is 14.7. The molecule has 0 spiro atoms. The molecule has 4 N–H and O–H groups in total. The molecule has 9 heteroatoms. The first-order valence-electron chi connectivity index (χ1n) is 13.0. The molecule has 0 aliphatic rings. The second-order valence-electron chi connectivity index (χ2n) is 9.88. The topological polar surface area (TPSA) is 98.9 Å². The SMILES string of the molecule is CC[C@H](C)[C@@H](CN(CC(=O)N[C@@H](CCSC)C(=O)O)Cc1cccc2ccccc12)N(C)C[C@@H](N)CS. The van der Waals surface area contributed by atoms with Crippen LogP contribution >= 0.6 is 24.4 Å². The number of carboxylic acids is 1. The normalized spacial score (nSPS) is 15.0. The van der Waals surface area contributed by atoms with Crippen LogP contribution in [0.3, 0.4) is 0 Å². The van der Waals surface area contributed by atoms with Gasteiger partial charge in [0.15, 0.2) is 0 Å². The van der Waals surface area contributed by atoms with Gasteiger partial charge >= 0.3 is 5.97 Å². The second-order valence-corrected chi connectivity index (χ2v) is 11.2. The Balaban J connectivity index is 2.32. The molecule has 2 rings (SSSR count). The maximum Gasteiger partial charge on any atom is 0.326 e. The van der Waals surface area contributed by atoms with Crippen molar-refractivity contribution in [1.82, 2.24) is 15.1 Å². The molecule has 0 aliphatic heterocycles. The summed E-state index contributed by atoms with van der Waals surface area (Å²) in [6.07, 6.45) is 3.32. The molecular weight excluding hydrogens is 504 g/mol. The molecule has 0 heterocycles. The van der Waals surface area contributed by atoms with E-state index in [0.717, 1.165) is 22.8 Å². The molecule has 2 aromatic carbocycles. The smallest absolute Gasteiger partial charge is 0.326 e. The number of carbonyl (C=O) groups excluding carboxylic acids is 1. The van der Waals surface area contributed by atoms with E-state index in [0.29, 0.717) is 43.5 Å². The van der Waals surface area contributed by atoms with E-state index >= 15 is 0 Å². The fourth-order valence-corrected chi connectivity index (χ4v) is 5.23. The Morgan fingerprint density at radius 3 is 2.51 bits per heavy atom. The van der Waals surface area contributed by atoms with Gasteiger partial charge in [0.05, 0.1) is 6.54 Å². The summed E-state index contributed by atoms with van der Waals surface area (Å²) in [4.78, 5) is 29.3. The zero-order valence-corrected chi connectivity index (χ0v) is 24.3. The Bertz CT molecular complexity index is 988. The Labute approximate surface area is 231 Å². The van der Waals surface area contributed by atoms with Gasteiger partial charge in [0.1, 0.15) is 6.04 Å². The lowest BCUT2D eigenvalue weighted by Gasteiger charge is -2.37. The zero-order valence-electron chi connectivity index (χ0n) is 22.6. The highest BCUT2D eigenvalue weighted by Gasteiger charge is 2.27. The van der Waals surface area contributed by atoms with Crippen LogP contribution in [-0.4, -0.2) is 89.4 Å². The van der Waals surface area contributed by atoms with Gasteiger partial charge in [-0.2, -0.15) is 24.4 Å². The van der Waals surface area contributed by atoms with E-state index in [1.54, 1.807) is 11.8 Å². The average molecular weight is 549 g/mol. The van der Waals surface area contributed by atoms with Crippen molar-refractivity contribution in [3.05, 3.63) is 48.0 Å². The van der Waals surface area contributed by atoms with Gasteiger partial charge in [-0.15, -0.1) is 0 Å². The van der Waals surface area contributed by atoms with Crippen LogP contribution in [0.15, 0.2) is 42.5 Å². The number of nitrogens with two attached hydrogens (primary N) is 1. The molecule has 0 fully saturated rings. The number of likely N-dealkylation sites (N-methyl/N-ethyl adjacent to an activating group) is 1. The van der Waals surface area contributed by atoms with Crippen molar-refractivity contribution in [2.75, 3.05) is 44.4 Å². The number of amides is 1. The van der Waals surface area contributed by atoms with Crippen molar-refractivity contribution in [3.63, 3.8) is 0 Å². The number of carbonyl (C=O) groups is 2. The van der Waals surface area contributed by atoms with E-state index < -0.39 is 12.0 Å². The van der Waals surface area contributed by atoms with E-state index in [1.165, 1.54) is 0 Å². The first-order chi connectivity index (χ1) is 17.7. The third-order valence-electron chi connectivity index (χ3n) is 6.95. The molecule has 0 saturated heterocycles. The van der Waals surface area contributed by atoms with Crippen LogP contribution in [0.2, 0.25) is 0 Å². The highest BCUT2D eigenvalue weighted by molar-refractivity contribution is 7.98. The molecule has 0 aliphatic carbocycles. The number of aliphatic carboxylic acids is 1. The number of nitrogens with zero attached hydrogens (tertiary/aromatic N) is 2. The lowest BCUT2D eigenvalue weighted by molar-refractivity contribution is -0.142. The summed E-state index contributed by atoms with van der Waals surface area (Å²) in [6, 6.07) is 13.7. The first kappa shape index (κ1) is 31.4. The molecule has 37 heavy (non-hydrogen) atoms. The molecule has 0 unspecified atom stereocenters. The number of hydrogen-bond acceptors (Lipinski definition) is 7. The maximum atomic E-state index is 13.1. The van der Waals surface area contributed by atoms with E-state index in [2.05, 4.69) is 72.9 Å². The number of nitrogens with one attached hydrogen (secondary N) is 1. The van der Waals surface area contributed by atoms with Crippen molar-refractivity contribution in [1.29, 1.82) is 0 Å². The number of thiol groups is 1. The highest BCUT2D eigenvalue weighted by Crippen LogP contribution is 2.22. The highest BCUT2D eigenvalue weighted by atomic mass is 32.2. The number of hydrogen-bond donors (Lipinski definition) is 4. The van der Waals surface area contributed by atoms with Crippen LogP contribution in [0.25, 0.3) is 10.8 Å². The number of rotatable bonds is 17. The van der Waals surface area contributed by atoms with Crippen molar-refractivity contribution < 1.29 is 14.7 Å². The van der Waals surface area contributed by atoms with E-state index in [9.17, 15) is 14.7 Å². The third-order valence-corrected chi connectivity index (χ3v) is 8.07. The van der Waals surface area contributed by atoms with Gasteiger partial charge < -0.3 is 21.1 Å². The van der Waals surface area contributed by atoms with Gasteiger partial charge in [-0.05, 0) is 47.7 Å². The molecule has 2 aromatic rings. The number of fused-ring (bicyclic) bond motifs is 1. The maximum absolute atomic E-state index is 13.1. The second kappa shape index (κ2) is 16.2. The van der Waals surface area contributed by atoms with Gasteiger partial charge in [0, 0.05) is 37.5 Å². The quantitative estimate of drug-likeness (QED) is 0.224. The molecular formula is C28H44N4O3S2. The van der Waals surface area contributed by atoms with Crippen molar-refractivity contribution in [3.8, 4) is 0 Å². The lowest BCUT2D eigenvalue weighted by atomic mass is 9.96. The molecule has 206 valence electrons. The minimum atomic E-state index is -0.999. The standard InChI is InChI=1S/C28H44N4O3S2/c1-5-20(2)26(31(3)16-23(29)19-36)17-32(18-27(33)30-25(28(34)35)13-14-37-4)15-22-11-8-10-21-9-6-7-12-24(21)22/h6-12,20,23,25-26,36H,5,13-19,29H2,1-4H3,(H,30,33)(H,34,35)/t20-,23+,25-,26+/m0/s1. The van der Waals surface area contributed by atoms with Gasteiger partial charge in [0.2, 0.25) is 5.91 Å². The average Bonchev–Trinajstić information content (AvgIpc) is 2.88. The van der Waals surface area contributed by atoms with Crippen molar-refractivity contribution >= 4 is 47.0 Å². The monoisotopic (exact) mass is 548 g/mol. The number of carboxylic acid groups (broad SMARTS) is 1. The fourth-order valence-electron chi connectivity index (χ4n) is 4.65. The van der Waals surface area contributed by atoms with Crippen LogP contribution in [0.5, 0.6) is 0 Å².